The summed E-state index contributed by atoms with van der Waals surface area (Å²) in [5.41, 5.74) is 5.01. The smallest absolute Gasteiger partial charge is 0.119 e. The highest BCUT2D eigenvalue weighted by Crippen LogP contribution is 2.09. The van der Waals surface area contributed by atoms with Crippen LogP contribution in [0.4, 0.5) is 0 Å². The van der Waals surface area contributed by atoms with Crippen LogP contribution in [0.3, 0.4) is 0 Å². The number of benzene rings is 1. The van der Waals surface area contributed by atoms with Gasteiger partial charge in [-0.15, -0.1) is 0 Å². The van der Waals surface area contributed by atoms with E-state index in [9.17, 15) is 0 Å². The van der Waals surface area contributed by atoms with E-state index < -0.39 is 5.54 Å². The maximum absolute atomic E-state index is 8.75. The lowest BCUT2D eigenvalue weighted by Gasteiger charge is -2.14. The average molecular weight is 262 g/mol. The maximum atomic E-state index is 8.75. The fraction of sp³-hybridized carbons (Fsp3) is 0.533. The lowest BCUT2D eigenvalue weighted by atomic mass is 9.98. The monoisotopic (exact) mass is 262 g/mol. The molecule has 0 saturated carbocycles. The first-order valence-corrected chi connectivity index (χ1v) is 6.60. The minimum absolute atomic E-state index is 0.552. The molecule has 4 nitrogen and oxygen atoms in total. The summed E-state index contributed by atoms with van der Waals surface area (Å²) < 4.78 is 11.0. The average Bonchev–Trinajstić information content (AvgIpc) is 2.43. The van der Waals surface area contributed by atoms with Crippen molar-refractivity contribution in [3.63, 3.8) is 0 Å². The topological polar surface area (TPSA) is 68.3 Å². The Labute approximate surface area is 115 Å². The van der Waals surface area contributed by atoms with Crippen LogP contribution in [0, 0.1) is 11.3 Å². The summed E-state index contributed by atoms with van der Waals surface area (Å²) in [6.07, 6.45) is 2.52. The van der Waals surface area contributed by atoms with Crippen molar-refractivity contribution in [3.05, 3.63) is 30.3 Å². The second-order valence-electron chi connectivity index (χ2n) is 4.76. The van der Waals surface area contributed by atoms with Crippen molar-refractivity contribution in [2.75, 3.05) is 19.8 Å². The van der Waals surface area contributed by atoms with Gasteiger partial charge in [0.2, 0.25) is 0 Å². The molecule has 0 aliphatic heterocycles. The zero-order valence-corrected chi connectivity index (χ0v) is 11.5. The molecule has 0 spiro atoms. The molecule has 1 rings (SSSR count). The molecule has 2 N–H and O–H groups in total. The van der Waals surface area contributed by atoms with Crippen molar-refractivity contribution in [1.82, 2.24) is 0 Å². The van der Waals surface area contributed by atoms with Gasteiger partial charge in [0.15, 0.2) is 0 Å². The standard InChI is InChI=1S/C15H22N2O2/c1-15(17,13-16)9-5-6-10-18-11-12-19-14-7-3-2-4-8-14/h2-4,7-8H,5-6,9-12,17H2,1H3. The minimum atomic E-state index is -0.712. The molecule has 0 aliphatic rings. The van der Waals surface area contributed by atoms with E-state index in [0.29, 0.717) is 26.2 Å². The fourth-order valence-electron chi connectivity index (χ4n) is 1.59. The van der Waals surface area contributed by atoms with Crippen LogP contribution in [0.25, 0.3) is 0 Å². The summed E-state index contributed by atoms with van der Waals surface area (Å²) >= 11 is 0. The molecule has 4 heteroatoms. The molecule has 1 atom stereocenters. The van der Waals surface area contributed by atoms with Crippen molar-refractivity contribution in [1.29, 1.82) is 5.26 Å². The number of nitrogens with zero attached hydrogens (tertiary/aromatic N) is 1. The third-order valence-electron chi connectivity index (χ3n) is 2.73. The summed E-state index contributed by atoms with van der Waals surface area (Å²) in [6.45, 7) is 3.56. The molecule has 0 aliphatic carbocycles. The van der Waals surface area contributed by atoms with Crippen molar-refractivity contribution >= 4 is 0 Å². The third kappa shape index (κ3) is 7.45. The number of unbranched alkanes of at least 4 members (excludes halogenated alkanes) is 1. The highest BCUT2D eigenvalue weighted by molar-refractivity contribution is 5.20. The molecule has 0 aromatic heterocycles. The molecule has 0 fully saturated rings. The van der Waals surface area contributed by atoms with Gasteiger partial charge in [-0.25, -0.2) is 0 Å². The SMILES string of the molecule is CC(N)(C#N)CCCCOCCOc1ccccc1. The third-order valence-corrected chi connectivity index (χ3v) is 2.73. The maximum Gasteiger partial charge on any atom is 0.119 e. The molecule has 0 bridgehead atoms. The van der Waals surface area contributed by atoms with Crippen LogP contribution in [-0.4, -0.2) is 25.4 Å². The largest absolute Gasteiger partial charge is 0.491 e. The van der Waals surface area contributed by atoms with Gasteiger partial charge < -0.3 is 15.2 Å². The Morgan fingerprint density at radius 2 is 1.89 bits per heavy atom. The van der Waals surface area contributed by atoms with E-state index in [0.717, 1.165) is 18.6 Å². The van der Waals surface area contributed by atoms with Gasteiger partial charge in [0.05, 0.1) is 12.7 Å². The van der Waals surface area contributed by atoms with Crippen molar-refractivity contribution in [2.24, 2.45) is 5.73 Å². The lowest BCUT2D eigenvalue weighted by molar-refractivity contribution is 0.0966. The molecular weight excluding hydrogens is 240 g/mol. The Balaban J connectivity index is 1.94. The van der Waals surface area contributed by atoms with Crippen LogP contribution in [0.5, 0.6) is 5.75 Å². The normalized spacial score (nSPS) is 13.5. The summed E-state index contributed by atoms with van der Waals surface area (Å²) in [4.78, 5) is 0. The first kappa shape index (κ1) is 15.5. The second-order valence-corrected chi connectivity index (χ2v) is 4.76. The van der Waals surface area contributed by atoms with E-state index in [4.69, 9.17) is 20.5 Å². The van der Waals surface area contributed by atoms with E-state index in [1.807, 2.05) is 30.3 Å². The van der Waals surface area contributed by atoms with Crippen LogP contribution in [0.15, 0.2) is 30.3 Å². The fourth-order valence-corrected chi connectivity index (χ4v) is 1.59. The molecule has 0 saturated heterocycles. The number of ether oxygens (including phenoxy) is 2. The van der Waals surface area contributed by atoms with Crippen molar-refractivity contribution in [3.8, 4) is 11.8 Å². The van der Waals surface area contributed by atoms with Gasteiger partial charge in [-0.1, -0.05) is 18.2 Å². The van der Waals surface area contributed by atoms with Gasteiger partial charge in [-0.05, 0) is 38.3 Å². The minimum Gasteiger partial charge on any atom is -0.491 e. The van der Waals surface area contributed by atoms with E-state index in [-0.39, 0.29) is 0 Å². The second kappa shape index (κ2) is 8.52. The number of nitrogens with two attached hydrogens (primary N) is 1. The number of rotatable bonds is 9. The molecule has 0 amide bonds. The van der Waals surface area contributed by atoms with Gasteiger partial charge >= 0.3 is 0 Å². The zero-order valence-electron chi connectivity index (χ0n) is 11.5. The Hall–Kier alpha value is -1.57. The number of nitriles is 1. The Morgan fingerprint density at radius 3 is 2.58 bits per heavy atom. The first-order chi connectivity index (χ1) is 9.14. The van der Waals surface area contributed by atoms with Gasteiger partial charge in [-0.3, -0.25) is 0 Å². The molecule has 19 heavy (non-hydrogen) atoms. The van der Waals surface area contributed by atoms with Crippen LogP contribution in [-0.2, 0) is 4.74 Å². The number of hydrogen-bond donors (Lipinski definition) is 1. The van der Waals surface area contributed by atoms with Crippen LogP contribution >= 0.6 is 0 Å². The predicted octanol–water partition coefficient (Wildman–Crippen LogP) is 2.49. The zero-order chi connectivity index (χ0) is 14.0. The molecular formula is C15H22N2O2. The summed E-state index contributed by atoms with van der Waals surface area (Å²) in [5.74, 6) is 0.860. The van der Waals surface area contributed by atoms with Gasteiger partial charge in [0.1, 0.15) is 17.9 Å². The van der Waals surface area contributed by atoms with Crippen molar-refractivity contribution in [2.45, 2.75) is 31.7 Å². The quantitative estimate of drug-likeness (QED) is 0.694. The molecule has 1 unspecified atom stereocenters. The Morgan fingerprint density at radius 1 is 1.16 bits per heavy atom. The van der Waals surface area contributed by atoms with E-state index in [1.165, 1.54) is 0 Å². The van der Waals surface area contributed by atoms with Gasteiger partial charge in [0, 0.05) is 6.61 Å². The summed E-state index contributed by atoms with van der Waals surface area (Å²) in [6, 6.07) is 11.8. The number of para-hydroxylation sites is 1. The highest BCUT2D eigenvalue weighted by atomic mass is 16.5. The van der Waals surface area contributed by atoms with Crippen LogP contribution < -0.4 is 10.5 Å². The van der Waals surface area contributed by atoms with E-state index >= 15 is 0 Å². The van der Waals surface area contributed by atoms with E-state index in [2.05, 4.69) is 6.07 Å². The Bertz CT molecular complexity index is 385. The molecule has 104 valence electrons. The predicted molar refractivity (Wildman–Crippen MR) is 74.8 cm³/mol. The highest BCUT2D eigenvalue weighted by Gasteiger charge is 2.15. The van der Waals surface area contributed by atoms with E-state index in [1.54, 1.807) is 6.92 Å². The van der Waals surface area contributed by atoms with Crippen molar-refractivity contribution < 1.29 is 9.47 Å². The summed E-state index contributed by atoms with van der Waals surface area (Å²) in [7, 11) is 0. The van der Waals surface area contributed by atoms with Crippen LogP contribution in [0.1, 0.15) is 26.2 Å². The molecule has 1 aromatic rings. The molecule has 0 radical (unpaired) electrons. The lowest BCUT2D eigenvalue weighted by Crippen LogP contribution is -2.33. The summed E-state index contributed by atoms with van der Waals surface area (Å²) in [5, 5.41) is 8.75. The van der Waals surface area contributed by atoms with Gasteiger partial charge in [0.25, 0.3) is 0 Å². The number of hydrogen-bond acceptors (Lipinski definition) is 4. The van der Waals surface area contributed by atoms with Gasteiger partial charge in [-0.2, -0.15) is 5.26 Å². The molecule has 1 aromatic carbocycles. The van der Waals surface area contributed by atoms with Crippen LogP contribution in [0.2, 0.25) is 0 Å². The first-order valence-electron chi connectivity index (χ1n) is 6.60. The Kier molecular flexibility index (Phi) is 6.94. The molecule has 0 heterocycles.